The van der Waals surface area contributed by atoms with Crippen LogP contribution in [-0.2, 0) is 16.0 Å². The molecule has 2 rings (SSSR count). The zero-order valence-corrected chi connectivity index (χ0v) is 12.2. The summed E-state index contributed by atoms with van der Waals surface area (Å²) < 4.78 is 19.4. The van der Waals surface area contributed by atoms with Crippen LogP contribution in [0.5, 0.6) is 0 Å². The average Bonchev–Trinajstić information content (AvgIpc) is 2.87. The summed E-state index contributed by atoms with van der Waals surface area (Å²) in [6.45, 7) is 4.19. The summed E-state index contributed by atoms with van der Waals surface area (Å²) >= 11 is 0. The number of amides is 2. The summed E-state index contributed by atoms with van der Waals surface area (Å²) in [5.74, 6) is -1.12. The molecule has 118 valence electrons. The molecule has 0 radical (unpaired) electrons. The number of hydrogen-bond donors (Lipinski definition) is 1. The fourth-order valence-electron chi connectivity index (χ4n) is 2.33. The molecule has 1 aliphatic heterocycles. The summed E-state index contributed by atoms with van der Waals surface area (Å²) in [5.41, 5.74) is -1.74. The fourth-order valence-corrected chi connectivity index (χ4v) is 2.33. The maximum Gasteiger partial charge on any atom is 0.417 e. The van der Waals surface area contributed by atoms with Crippen molar-refractivity contribution in [1.29, 1.82) is 0 Å². The molecule has 1 aliphatic rings. The molecule has 1 N–H and O–H groups in total. The minimum absolute atomic E-state index is 0.000266. The van der Waals surface area contributed by atoms with Crippen LogP contribution in [0.4, 0.5) is 9.18 Å². The summed E-state index contributed by atoms with van der Waals surface area (Å²) in [5, 5.41) is 9.59. The van der Waals surface area contributed by atoms with Crippen LogP contribution < -0.4 is 0 Å². The number of aliphatic hydroxyl groups is 1. The Labute approximate surface area is 128 Å². The van der Waals surface area contributed by atoms with Gasteiger partial charge in [0, 0.05) is 0 Å². The largest absolute Gasteiger partial charge is 0.447 e. The van der Waals surface area contributed by atoms with E-state index in [9.17, 15) is 19.1 Å². The maximum atomic E-state index is 14.5. The summed E-state index contributed by atoms with van der Waals surface area (Å²) in [6, 6.07) is 8.60. The van der Waals surface area contributed by atoms with Gasteiger partial charge < -0.3 is 9.84 Å². The molecule has 0 bridgehead atoms. The average molecular weight is 307 g/mol. The zero-order valence-electron chi connectivity index (χ0n) is 12.2. The third-order valence-electron chi connectivity index (χ3n) is 3.69. The lowest BCUT2D eigenvalue weighted by Gasteiger charge is -2.29. The molecule has 0 saturated carbocycles. The molecule has 2 amide bonds. The Balaban J connectivity index is 2.21. The molecule has 1 aromatic rings. The predicted octanol–water partition coefficient (Wildman–Crippen LogP) is 1.85. The van der Waals surface area contributed by atoms with E-state index in [0.29, 0.717) is 6.42 Å². The first-order chi connectivity index (χ1) is 10.4. The highest BCUT2D eigenvalue weighted by Gasteiger charge is 2.49. The van der Waals surface area contributed by atoms with Crippen LogP contribution >= 0.6 is 0 Å². The van der Waals surface area contributed by atoms with Crippen molar-refractivity contribution in [1.82, 2.24) is 4.90 Å². The molecule has 0 spiro atoms. The van der Waals surface area contributed by atoms with Crippen molar-refractivity contribution in [3.63, 3.8) is 0 Å². The molecule has 1 heterocycles. The van der Waals surface area contributed by atoms with Gasteiger partial charge in [-0.3, -0.25) is 4.79 Å². The van der Waals surface area contributed by atoms with E-state index in [1.54, 1.807) is 0 Å². The van der Waals surface area contributed by atoms with Crippen LogP contribution in [0.2, 0.25) is 0 Å². The SMILES string of the molecule is C=C[C@@H](O)C(C)(F)C(=O)N1C(=O)OC[C@@H]1Cc1ccccc1. The summed E-state index contributed by atoms with van der Waals surface area (Å²) in [7, 11) is 0. The maximum absolute atomic E-state index is 14.5. The van der Waals surface area contributed by atoms with Crippen molar-refractivity contribution in [3.8, 4) is 0 Å². The van der Waals surface area contributed by atoms with Gasteiger partial charge in [-0.05, 0) is 18.9 Å². The third kappa shape index (κ3) is 3.01. The summed E-state index contributed by atoms with van der Waals surface area (Å²) in [6.07, 6.45) is -1.32. The lowest BCUT2D eigenvalue weighted by molar-refractivity contribution is -0.146. The standard InChI is InChI=1S/C16H18FNO4/c1-3-13(19)16(2,17)14(20)18-12(10-22-15(18)21)9-11-7-5-4-6-8-11/h3-8,12-13,19H,1,9-10H2,2H3/t12-,13+,16?/m0/s1. The van der Waals surface area contributed by atoms with Gasteiger partial charge in [0.1, 0.15) is 12.7 Å². The number of rotatable bonds is 5. The van der Waals surface area contributed by atoms with E-state index in [4.69, 9.17) is 4.74 Å². The number of halogens is 1. The molecule has 22 heavy (non-hydrogen) atoms. The predicted molar refractivity (Wildman–Crippen MR) is 77.8 cm³/mol. The fraction of sp³-hybridized carbons (Fsp3) is 0.375. The van der Waals surface area contributed by atoms with Gasteiger partial charge in [0.05, 0.1) is 6.04 Å². The summed E-state index contributed by atoms with van der Waals surface area (Å²) in [4.78, 5) is 24.9. The number of benzene rings is 1. The number of hydrogen-bond acceptors (Lipinski definition) is 4. The monoisotopic (exact) mass is 307 g/mol. The topological polar surface area (TPSA) is 66.8 Å². The second-order valence-corrected chi connectivity index (χ2v) is 5.35. The zero-order chi connectivity index (χ0) is 16.3. The second-order valence-electron chi connectivity index (χ2n) is 5.35. The molecule has 3 atom stereocenters. The van der Waals surface area contributed by atoms with Gasteiger partial charge in [-0.1, -0.05) is 36.4 Å². The minimum Gasteiger partial charge on any atom is -0.447 e. The van der Waals surface area contributed by atoms with Gasteiger partial charge in [0.25, 0.3) is 5.91 Å². The third-order valence-corrected chi connectivity index (χ3v) is 3.69. The first-order valence-corrected chi connectivity index (χ1v) is 6.91. The lowest BCUT2D eigenvalue weighted by atomic mass is 9.97. The quantitative estimate of drug-likeness (QED) is 0.843. The van der Waals surface area contributed by atoms with Crippen molar-refractivity contribution in [2.24, 2.45) is 0 Å². The molecule has 1 saturated heterocycles. The van der Waals surface area contributed by atoms with Crippen molar-refractivity contribution < 1.29 is 23.8 Å². The highest BCUT2D eigenvalue weighted by atomic mass is 19.1. The molecule has 1 aromatic carbocycles. The van der Waals surface area contributed by atoms with Gasteiger partial charge in [-0.25, -0.2) is 14.1 Å². The molecule has 0 aliphatic carbocycles. The Bertz CT molecular complexity index is 573. The van der Waals surface area contributed by atoms with Gasteiger partial charge in [-0.15, -0.1) is 6.58 Å². The van der Waals surface area contributed by atoms with Crippen LogP contribution in [0.25, 0.3) is 0 Å². The second kappa shape index (κ2) is 6.27. The van der Waals surface area contributed by atoms with Crippen molar-refractivity contribution in [2.45, 2.75) is 31.2 Å². The van der Waals surface area contributed by atoms with Gasteiger partial charge in [0.2, 0.25) is 5.67 Å². The number of alkyl halides is 1. The molecule has 1 fully saturated rings. The number of carbonyl (C=O) groups excluding carboxylic acids is 2. The van der Waals surface area contributed by atoms with Crippen LogP contribution in [0.1, 0.15) is 12.5 Å². The van der Waals surface area contributed by atoms with Crippen LogP contribution in [-0.4, -0.2) is 46.4 Å². The normalized spacial score (nSPS) is 21.9. The Morgan fingerprint density at radius 3 is 2.82 bits per heavy atom. The van der Waals surface area contributed by atoms with Crippen LogP contribution in [0, 0.1) is 0 Å². The number of carbonyl (C=O) groups is 2. The number of imide groups is 1. The Hall–Kier alpha value is -2.21. The van der Waals surface area contributed by atoms with Crippen LogP contribution in [0.15, 0.2) is 43.0 Å². The van der Waals surface area contributed by atoms with E-state index < -0.39 is 29.8 Å². The van der Waals surface area contributed by atoms with E-state index >= 15 is 0 Å². The molecule has 6 heteroatoms. The van der Waals surface area contributed by atoms with Gasteiger partial charge in [0.15, 0.2) is 0 Å². The number of cyclic esters (lactones) is 1. The Kier molecular flexibility index (Phi) is 4.61. The number of ether oxygens (including phenoxy) is 1. The molecule has 0 aromatic heterocycles. The molecular weight excluding hydrogens is 289 g/mol. The van der Waals surface area contributed by atoms with E-state index in [2.05, 4.69) is 6.58 Å². The Morgan fingerprint density at radius 2 is 2.23 bits per heavy atom. The van der Waals surface area contributed by atoms with Crippen LogP contribution in [0.3, 0.4) is 0 Å². The highest BCUT2D eigenvalue weighted by molar-refractivity contribution is 5.98. The van der Waals surface area contributed by atoms with E-state index in [-0.39, 0.29) is 6.61 Å². The van der Waals surface area contributed by atoms with E-state index in [1.165, 1.54) is 0 Å². The first kappa shape index (κ1) is 16.2. The van der Waals surface area contributed by atoms with Crippen molar-refractivity contribution in [2.75, 3.05) is 6.61 Å². The van der Waals surface area contributed by atoms with Crippen molar-refractivity contribution in [3.05, 3.63) is 48.6 Å². The van der Waals surface area contributed by atoms with Gasteiger partial charge in [-0.2, -0.15) is 0 Å². The smallest absolute Gasteiger partial charge is 0.417 e. The number of nitrogens with zero attached hydrogens (tertiary/aromatic N) is 1. The molecular formula is C16H18FNO4. The van der Waals surface area contributed by atoms with E-state index in [1.807, 2.05) is 30.3 Å². The van der Waals surface area contributed by atoms with E-state index in [0.717, 1.165) is 23.5 Å². The van der Waals surface area contributed by atoms with Crippen molar-refractivity contribution >= 4 is 12.0 Å². The lowest BCUT2D eigenvalue weighted by Crippen LogP contribution is -2.53. The molecule has 1 unspecified atom stereocenters. The highest BCUT2D eigenvalue weighted by Crippen LogP contribution is 2.26. The minimum atomic E-state index is -2.64. The first-order valence-electron chi connectivity index (χ1n) is 6.91. The Morgan fingerprint density at radius 1 is 1.59 bits per heavy atom. The number of aliphatic hydroxyl groups excluding tert-OH is 1. The van der Waals surface area contributed by atoms with Gasteiger partial charge >= 0.3 is 6.09 Å². The molecule has 5 nitrogen and oxygen atoms in total.